The summed E-state index contributed by atoms with van der Waals surface area (Å²) in [6, 6.07) is 12.5. The maximum Gasteiger partial charge on any atom is 0.216 e. The predicted molar refractivity (Wildman–Crippen MR) is 92.3 cm³/mol. The quantitative estimate of drug-likeness (QED) is 0.488. The van der Waals surface area contributed by atoms with E-state index in [1.54, 1.807) is 0 Å². The van der Waals surface area contributed by atoms with Gasteiger partial charge in [0.2, 0.25) is 5.69 Å². The average molecular weight is 303 g/mol. The number of pyridine rings is 2. The van der Waals surface area contributed by atoms with Gasteiger partial charge in [0.1, 0.15) is 12.6 Å². The van der Waals surface area contributed by atoms with Crippen molar-refractivity contribution >= 4 is 22.1 Å². The first-order chi connectivity index (χ1) is 11.0. The molecule has 0 unspecified atom stereocenters. The van der Waals surface area contributed by atoms with E-state index in [1.165, 1.54) is 11.1 Å². The minimum Gasteiger partial charge on any atom is -0.453 e. The molecule has 0 atom stereocenters. The van der Waals surface area contributed by atoms with Gasteiger partial charge in [0.15, 0.2) is 17.4 Å². The van der Waals surface area contributed by atoms with Gasteiger partial charge in [-0.1, -0.05) is 6.07 Å². The zero-order valence-corrected chi connectivity index (χ0v) is 13.8. The van der Waals surface area contributed by atoms with E-state index >= 15 is 0 Å². The molecule has 0 aliphatic carbocycles. The van der Waals surface area contributed by atoms with Crippen molar-refractivity contribution in [2.24, 2.45) is 7.05 Å². The minimum absolute atomic E-state index is 0.840. The molecule has 0 amide bonds. The van der Waals surface area contributed by atoms with Crippen LogP contribution in [-0.4, -0.2) is 4.98 Å². The van der Waals surface area contributed by atoms with Gasteiger partial charge in [-0.3, -0.25) is 0 Å². The second-order valence-electron chi connectivity index (χ2n) is 6.24. The highest BCUT2D eigenvalue weighted by atomic mass is 16.3. The van der Waals surface area contributed by atoms with Gasteiger partial charge in [-0.15, -0.1) is 0 Å². The maximum absolute atomic E-state index is 6.18. The van der Waals surface area contributed by atoms with Crippen LogP contribution in [0.25, 0.3) is 33.3 Å². The van der Waals surface area contributed by atoms with Crippen molar-refractivity contribution in [3.63, 3.8) is 0 Å². The van der Waals surface area contributed by atoms with Crippen LogP contribution in [0.1, 0.15) is 16.8 Å². The molecule has 4 rings (SSSR count). The second kappa shape index (κ2) is 4.92. The van der Waals surface area contributed by atoms with Gasteiger partial charge < -0.3 is 4.42 Å². The van der Waals surface area contributed by atoms with Crippen LogP contribution in [-0.2, 0) is 7.05 Å². The smallest absolute Gasteiger partial charge is 0.216 e. The van der Waals surface area contributed by atoms with Crippen molar-refractivity contribution in [2.45, 2.75) is 20.8 Å². The van der Waals surface area contributed by atoms with Crippen molar-refractivity contribution in [3.8, 4) is 11.3 Å². The molecule has 0 saturated heterocycles. The lowest BCUT2D eigenvalue weighted by atomic mass is 10.0. The van der Waals surface area contributed by atoms with E-state index in [2.05, 4.69) is 60.9 Å². The number of aromatic nitrogens is 2. The van der Waals surface area contributed by atoms with Gasteiger partial charge in [0, 0.05) is 22.7 Å². The van der Waals surface area contributed by atoms with Crippen LogP contribution in [0.3, 0.4) is 0 Å². The first-order valence-corrected chi connectivity index (χ1v) is 7.81. The summed E-state index contributed by atoms with van der Waals surface area (Å²) in [5.74, 6) is 0. The molecule has 0 fully saturated rings. The molecule has 3 heteroatoms. The predicted octanol–water partition coefficient (Wildman–Crippen LogP) is 4.40. The molecule has 4 aromatic rings. The van der Waals surface area contributed by atoms with Crippen LogP contribution < -0.4 is 4.57 Å². The lowest BCUT2D eigenvalue weighted by Gasteiger charge is -2.05. The molecule has 0 saturated carbocycles. The lowest BCUT2D eigenvalue weighted by molar-refractivity contribution is -0.660. The fraction of sp³-hybridized carbons (Fsp3) is 0.200. The molecule has 3 aromatic heterocycles. The monoisotopic (exact) mass is 303 g/mol. The van der Waals surface area contributed by atoms with Crippen molar-refractivity contribution in [1.82, 2.24) is 4.98 Å². The number of fused-ring (bicyclic) bond motifs is 3. The van der Waals surface area contributed by atoms with E-state index in [1.807, 2.05) is 19.1 Å². The van der Waals surface area contributed by atoms with Gasteiger partial charge in [-0.25, -0.2) is 9.55 Å². The number of benzene rings is 1. The molecule has 0 N–H and O–H groups in total. The lowest BCUT2D eigenvalue weighted by Crippen LogP contribution is -2.31. The molecule has 0 aliphatic heterocycles. The van der Waals surface area contributed by atoms with Gasteiger partial charge in [-0.05, 0) is 50.6 Å². The Labute approximate surface area is 135 Å². The van der Waals surface area contributed by atoms with Crippen LogP contribution in [0.5, 0.6) is 0 Å². The number of rotatable bonds is 1. The number of hydrogen-bond acceptors (Lipinski definition) is 2. The fourth-order valence-corrected chi connectivity index (χ4v) is 3.23. The first-order valence-electron chi connectivity index (χ1n) is 7.81. The molecule has 0 radical (unpaired) electrons. The van der Waals surface area contributed by atoms with Crippen molar-refractivity contribution < 1.29 is 8.98 Å². The largest absolute Gasteiger partial charge is 0.453 e. The normalized spacial score (nSPS) is 11.5. The summed E-state index contributed by atoms with van der Waals surface area (Å²) < 4.78 is 8.34. The highest BCUT2D eigenvalue weighted by Gasteiger charge is 2.20. The second-order valence-corrected chi connectivity index (χ2v) is 6.24. The minimum atomic E-state index is 0.840. The zero-order chi connectivity index (χ0) is 16.1. The third-order valence-electron chi connectivity index (χ3n) is 4.37. The Bertz CT molecular complexity index is 1060. The van der Waals surface area contributed by atoms with E-state index in [0.29, 0.717) is 0 Å². The molecular weight excluding hydrogens is 284 g/mol. The van der Waals surface area contributed by atoms with Crippen molar-refractivity contribution in [2.75, 3.05) is 0 Å². The average Bonchev–Trinajstić information content (AvgIpc) is 2.86. The Hall–Kier alpha value is -2.68. The van der Waals surface area contributed by atoms with E-state index in [4.69, 9.17) is 4.42 Å². The Morgan fingerprint density at radius 2 is 1.78 bits per heavy atom. The number of furan rings is 1. The van der Waals surface area contributed by atoms with Gasteiger partial charge in [0.05, 0.1) is 5.56 Å². The highest BCUT2D eigenvalue weighted by Crippen LogP contribution is 2.36. The van der Waals surface area contributed by atoms with Crippen molar-refractivity contribution in [1.29, 1.82) is 0 Å². The van der Waals surface area contributed by atoms with E-state index in [-0.39, 0.29) is 0 Å². The highest BCUT2D eigenvalue weighted by molar-refractivity contribution is 6.07. The molecular formula is C20H19N2O+. The van der Waals surface area contributed by atoms with Crippen LogP contribution in [0.15, 0.2) is 47.0 Å². The van der Waals surface area contributed by atoms with Gasteiger partial charge >= 0.3 is 0 Å². The molecule has 3 nitrogen and oxygen atoms in total. The molecule has 0 bridgehead atoms. The molecule has 1 aromatic carbocycles. The standard InChI is InChI=1S/C20H19N2O/c1-12-5-9-16(22(4)11-12)18-13(2)6-8-15-19-17(23-20(15)18)10-7-14(3)21-19/h5-11H,1-4H3/q+1. The summed E-state index contributed by atoms with van der Waals surface area (Å²) in [6.07, 6.45) is 2.14. The van der Waals surface area contributed by atoms with Crippen molar-refractivity contribution in [3.05, 3.63) is 59.4 Å². The molecule has 0 aliphatic rings. The molecule has 114 valence electrons. The Morgan fingerprint density at radius 1 is 0.957 bits per heavy atom. The first kappa shape index (κ1) is 13.9. The summed E-state index contributed by atoms with van der Waals surface area (Å²) in [5.41, 5.74) is 8.43. The fourth-order valence-electron chi connectivity index (χ4n) is 3.23. The summed E-state index contributed by atoms with van der Waals surface area (Å²) >= 11 is 0. The third kappa shape index (κ3) is 2.12. The van der Waals surface area contributed by atoms with Crippen LogP contribution in [0.4, 0.5) is 0 Å². The maximum atomic E-state index is 6.18. The molecule has 3 heterocycles. The molecule has 23 heavy (non-hydrogen) atoms. The van der Waals surface area contributed by atoms with Crippen LogP contribution >= 0.6 is 0 Å². The van der Waals surface area contributed by atoms with Gasteiger partial charge in [-0.2, -0.15) is 0 Å². The van der Waals surface area contributed by atoms with Crippen LogP contribution in [0.2, 0.25) is 0 Å². The summed E-state index contributed by atoms with van der Waals surface area (Å²) in [4.78, 5) is 4.66. The topological polar surface area (TPSA) is 29.9 Å². The zero-order valence-electron chi connectivity index (χ0n) is 13.8. The summed E-state index contributed by atoms with van der Waals surface area (Å²) in [6.45, 7) is 6.24. The SMILES string of the molecule is Cc1ccc(-c2c(C)ccc3c2oc2ccc(C)nc23)[n+](C)c1. The number of nitrogens with zero attached hydrogens (tertiary/aromatic N) is 2. The summed E-state index contributed by atoms with van der Waals surface area (Å²) in [5, 5.41) is 1.07. The van der Waals surface area contributed by atoms with E-state index < -0.39 is 0 Å². The van der Waals surface area contributed by atoms with Gasteiger partial charge in [0.25, 0.3) is 0 Å². The summed E-state index contributed by atoms with van der Waals surface area (Å²) in [7, 11) is 2.08. The Kier molecular flexibility index (Phi) is 2.98. The Balaban J connectivity index is 2.13. The number of hydrogen-bond donors (Lipinski definition) is 0. The van der Waals surface area contributed by atoms with E-state index in [0.717, 1.165) is 39.0 Å². The number of aryl methyl sites for hydroxylation is 4. The van der Waals surface area contributed by atoms with E-state index in [9.17, 15) is 0 Å². The Morgan fingerprint density at radius 3 is 2.57 bits per heavy atom. The van der Waals surface area contributed by atoms with Crippen LogP contribution in [0, 0.1) is 20.8 Å². The molecule has 0 spiro atoms. The third-order valence-corrected chi connectivity index (χ3v) is 4.37.